The molecular weight excluding hydrogens is 304 g/mol. The highest BCUT2D eigenvalue weighted by molar-refractivity contribution is 5.74. The second-order valence-corrected chi connectivity index (χ2v) is 6.03. The number of carbonyl (C=O) groups is 1. The average molecular weight is 328 g/mol. The number of urea groups is 1. The number of nitrogens with two attached hydrogens (primary N) is 1. The Bertz CT molecular complexity index is 657. The highest BCUT2D eigenvalue weighted by Gasteiger charge is 2.30. The summed E-state index contributed by atoms with van der Waals surface area (Å²) in [7, 11) is 0. The van der Waals surface area contributed by atoms with Crippen molar-refractivity contribution in [3.8, 4) is 0 Å². The fraction of sp³-hybridized carbons (Fsp3) is 0.471. The molecule has 0 fully saturated rings. The summed E-state index contributed by atoms with van der Waals surface area (Å²) in [5.41, 5.74) is 8.67. The third-order valence-corrected chi connectivity index (χ3v) is 4.36. The smallest absolute Gasteiger partial charge is 0.318 e. The van der Waals surface area contributed by atoms with Crippen LogP contribution in [0.1, 0.15) is 42.3 Å². The zero-order valence-electron chi connectivity index (χ0n) is 13.7. The van der Waals surface area contributed by atoms with E-state index < -0.39 is 0 Å². The summed E-state index contributed by atoms with van der Waals surface area (Å²) in [5.74, 6) is 0. The number of aryl methyl sites for hydroxylation is 1. The molecule has 0 aromatic carbocycles. The largest absolute Gasteiger partial charge is 0.347 e. The van der Waals surface area contributed by atoms with Crippen LogP contribution in [-0.2, 0) is 13.0 Å². The van der Waals surface area contributed by atoms with Gasteiger partial charge < -0.3 is 20.9 Å². The average Bonchev–Trinajstić information content (AvgIpc) is 3.12. The number of aromatic nitrogens is 3. The van der Waals surface area contributed by atoms with Gasteiger partial charge in [-0.25, -0.2) is 9.78 Å². The molecule has 0 saturated heterocycles. The van der Waals surface area contributed by atoms with Gasteiger partial charge >= 0.3 is 6.03 Å². The number of nitrogens with one attached hydrogen (secondary N) is 2. The molecule has 3 rings (SSSR count). The number of carbonyl (C=O) groups excluding carboxylic acids is 1. The Morgan fingerprint density at radius 2 is 2.42 bits per heavy atom. The summed E-state index contributed by atoms with van der Waals surface area (Å²) in [4.78, 5) is 26.3. The van der Waals surface area contributed by atoms with Crippen LogP contribution >= 0.6 is 0 Å². The first-order chi connectivity index (χ1) is 11.8. The molecular formula is C17H24N6O. The second kappa shape index (κ2) is 7.92. The molecule has 1 atom stereocenters. The summed E-state index contributed by atoms with van der Waals surface area (Å²) in [5, 5.41) is 2.97. The van der Waals surface area contributed by atoms with E-state index in [0.29, 0.717) is 19.6 Å². The topological polar surface area (TPSA) is 99.9 Å². The van der Waals surface area contributed by atoms with E-state index in [-0.39, 0.29) is 12.1 Å². The minimum absolute atomic E-state index is 0.0175. The number of hydrogen-bond donors (Lipinski definition) is 3. The number of amides is 2. The Labute approximate surface area is 141 Å². The Morgan fingerprint density at radius 1 is 1.50 bits per heavy atom. The lowest BCUT2D eigenvalue weighted by Crippen LogP contribution is -2.43. The van der Waals surface area contributed by atoms with Crippen molar-refractivity contribution >= 4 is 6.03 Å². The molecule has 4 N–H and O–H groups in total. The van der Waals surface area contributed by atoms with Crippen LogP contribution in [-0.4, -0.2) is 39.0 Å². The van der Waals surface area contributed by atoms with Crippen molar-refractivity contribution in [3.05, 3.63) is 47.8 Å². The van der Waals surface area contributed by atoms with Crippen LogP contribution in [0.5, 0.6) is 0 Å². The van der Waals surface area contributed by atoms with E-state index in [2.05, 4.69) is 26.3 Å². The molecule has 7 heteroatoms. The molecule has 2 aromatic heterocycles. The molecule has 0 radical (unpaired) electrons. The van der Waals surface area contributed by atoms with Gasteiger partial charge in [-0.1, -0.05) is 6.07 Å². The maximum absolute atomic E-state index is 12.8. The summed E-state index contributed by atoms with van der Waals surface area (Å²) in [6, 6.07) is 3.97. The Kier molecular flexibility index (Phi) is 5.43. The van der Waals surface area contributed by atoms with Crippen molar-refractivity contribution in [2.24, 2.45) is 5.73 Å². The Hall–Kier alpha value is -2.41. The maximum atomic E-state index is 12.8. The van der Waals surface area contributed by atoms with Crippen molar-refractivity contribution in [2.75, 3.05) is 13.1 Å². The van der Waals surface area contributed by atoms with Gasteiger partial charge in [-0.3, -0.25) is 4.98 Å². The maximum Gasteiger partial charge on any atom is 0.318 e. The van der Waals surface area contributed by atoms with E-state index in [1.807, 2.05) is 11.0 Å². The van der Waals surface area contributed by atoms with Gasteiger partial charge in [0.1, 0.15) is 0 Å². The van der Waals surface area contributed by atoms with Crippen molar-refractivity contribution in [1.29, 1.82) is 0 Å². The number of imidazole rings is 1. The van der Waals surface area contributed by atoms with Crippen LogP contribution in [0.25, 0.3) is 0 Å². The van der Waals surface area contributed by atoms with Crippen LogP contribution in [0.4, 0.5) is 4.79 Å². The van der Waals surface area contributed by atoms with E-state index in [1.54, 1.807) is 18.7 Å². The predicted octanol–water partition coefficient (Wildman–Crippen LogP) is 1.74. The summed E-state index contributed by atoms with van der Waals surface area (Å²) >= 11 is 0. The van der Waals surface area contributed by atoms with Crippen molar-refractivity contribution in [1.82, 2.24) is 25.2 Å². The van der Waals surface area contributed by atoms with E-state index in [9.17, 15) is 4.79 Å². The first kappa shape index (κ1) is 16.4. The molecule has 2 aromatic rings. The number of fused-ring (bicyclic) bond motifs is 1. The van der Waals surface area contributed by atoms with E-state index in [0.717, 1.165) is 37.1 Å². The molecule has 1 aliphatic carbocycles. The molecule has 0 bridgehead atoms. The highest BCUT2D eigenvalue weighted by atomic mass is 16.2. The molecule has 1 unspecified atom stereocenters. The monoisotopic (exact) mass is 328 g/mol. The predicted molar refractivity (Wildman–Crippen MR) is 91.1 cm³/mol. The second-order valence-electron chi connectivity index (χ2n) is 6.03. The fourth-order valence-corrected chi connectivity index (χ4v) is 3.17. The fourth-order valence-electron chi connectivity index (χ4n) is 3.17. The van der Waals surface area contributed by atoms with Gasteiger partial charge in [0.15, 0.2) is 0 Å². The molecule has 1 aliphatic rings. The van der Waals surface area contributed by atoms with Crippen molar-refractivity contribution in [3.63, 3.8) is 0 Å². The van der Waals surface area contributed by atoms with Crippen LogP contribution < -0.4 is 11.1 Å². The lowest BCUT2D eigenvalue weighted by atomic mass is 9.91. The third-order valence-electron chi connectivity index (χ3n) is 4.36. The molecule has 2 amide bonds. The minimum Gasteiger partial charge on any atom is -0.347 e. The molecule has 7 nitrogen and oxygen atoms in total. The number of nitrogens with zero attached hydrogens (tertiary/aromatic N) is 3. The number of hydrogen-bond acceptors (Lipinski definition) is 4. The van der Waals surface area contributed by atoms with Crippen LogP contribution in [0.2, 0.25) is 0 Å². The van der Waals surface area contributed by atoms with Gasteiger partial charge in [-0.2, -0.15) is 0 Å². The molecule has 0 spiro atoms. The first-order valence-corrected chi connectivity index (χ1v) is 8.45. The highest BCUT2D eigenvalue weighted by Crippen LogP contribution is 2.33. The van der Waals surface area contributed by atoms with Gasteiger partial charge in [-0.05, 0) is 43.9 Å². The zero-order valence-corrected chi connectivity index (χ0v) is 13.7. The molecule has 0 aliphatic heterocycles. The zero-order chi connectivity index (χ0) is 16.8. The van der Waals surface area contributed by atoms with Crippen LogP contribution in [0, 0.1) is 0 Å². The standard InChI is InChI=1S/C17H24N6O/c18-7-3-9-21-17(24)23(11-14-10-19-12-22-14)15-6-1-4-13-5-2-8-20-16(13)15/h2,5,8,10,12,15H,1,3-4,6-7,9,11,18H2,(H,19,22)(H,21,24). The first-order valence-electron chi connectivity index (χ1n) is 8.45. The molecule has 0 saturated carbocycles. The number of aromatic amines is 1. The number of H-pyrrole nitrogens is 1. The summed E-state index contributed by atoms with van der Waals surface area (Å²) in [6.45, 7) is 1.63. The van der Waals surface area contributed by atoms with Gasteiger partial charge in [0.25, 0.3) is 0 Å². The lowest BCUT2D eigenvalue weighted by Gasteiger charge is -2.34. The van der Waals surface area contributed by atoms with Gasteiger partial charge in [-0.15, -0.1) is 0 Å². The Balaban J connectivity index is 1.83. The summed E-state index contributed by atoms with van der Waals surface area (Å²) < 4.78 is 0. The summed E-state index contributed by atoms with van der Waals surface area (Å²) in [6.07, 6.45) is 8.95. The van der Waals surface area contributed by atoms with E-state index >= 15 is 0 Å². The van der Waals surface area contributed by atoms with Gasteiger partial charge in [0.05, 0.1) is 30.3 Å². The van der Waals surface area contributed by atoms with Crippen LogP contribution in [0.15, 0.2) is 30.9 Å². The number of rotatable bonds is 6. The quantitative estimate of drug-likeness (QED) is 0.703. The third kappa shape index (κ3) is 3.73. The molecule has 128 valence electrons. The molecule has 24 heavy (non-hydrogen) atoms. The van der Waals surface area contributed by atoms with Crippen molar-refractivity contribution in [2.45, 2.75) is 38.3 Å². The lowest BCUT2D eigenvalue weighted by molar-refractivity contribution is 0.159. The van der Waals surface area contributed by atoms with Gasteiger partial charge in [0, 0.05) is 18.9 Å². The van der Waals surface area contributed by atoms with Gasteiger partial charge in [0.2, 0.25) is 0 Å². The number of pyridine rings is 1. The van der Waals surface area contributed by atoms with Crippen LogP contribution in [0.3, 0.4) is 0 Å². The van der Waals surface area contributed by atoms with Crippen molar-refractivity contribution < 1.29 is 4.79 Å². The Morgan fingerprint density at radius 3 is 3.21 bits per heavy atom. The van der Waals surface area contributed by atoms with E-state index in [4.69, 9.17) is 5.73 Å². The molecule has 2 heterocycles. The normalized spacial score (nSPS) is 16.5. The SMILES string of the molecule is NCCCNC(=O)N(Cc1cnc[nH]1)C1CCCc2cccnc21. The minimum atomic E-state index is -0.0819. The van der Waals surface area contributed by atoms with E-state index in [1.165, 1.54) is 5.56 Å².